The van der Waals surface area contributed by atoms with Crippen molar-refractivity contribution in [1.29, 1.82) is 5.26 Å². The number of hydrogen-bond acceptors (Lipinski definition) is 11. The molecule has 2 aromatic rings. The number of nitriles is 1. The number of fused-ring (bicyclic) bond motifs is 1. The second-order valence-electron chi connectivity index (χ2n) is 23.0. The highest BCUT2D eigenvalue weighted by Gasteiger charge is 2.48. The number of allylic oxidation sites excluding steroid dienone is 2. The Morgan fingerprint density at radius 2 is 1.75 bits per heavy atom. The molecule has 73 heavy (non-hydrogen) atoms. The largest absolute Gasteiger partial charge is 0.473 e. The van der Waals surface area contributed by atoms with Crippen molar-refractivity contribution in [1.82, 2.24) is 24.9 Å². The number of aromatic nitrogens is 2. The molecule has 7 aliphatic heterocycles. The van der Waals surface area contributed by atoms with Crippen LogP contribution in [0.1, 0.15) is 116 Å². The van der Waals surface area contributed by atoms with Crippen molar-refractivity contribution in [2.75, 3.05) is 81.9 Å². The number of halogens is 3. The average Bonchev–Trinajstić information content (AvgIpc) is 3.93. The molecule has 1 amide bonds. The quantitative estimate of drug-likeness (QED) is 0.225. The topological polar surface area (TPSA) is 117 Å². The van der Waals surface area contributed by atoms with Crippen molar-refractivity contribution in [3.63, 3.8) is 0 Å². The summed E-state index contributed by atoms with van der Waals surface area (Å²) in [6, 6.07) is 12.3. The first-order chi connectivity index (χ1) is 35.4. The molecule has 11 rings (SSSR count). The van der Waals surface area contributed by atoms with Crippen LogP contribution in [0.3, 0.4) is 0 Å². The maximum Gasteiger partial charge on any atom is 0.260 e. The van der Waals surface area contributed by atoms with Gasteiger partial charge in [-0.25, -0.2) is 8.78 Å². The summed E-state index contributed by atoms with van der Waals surface area (Å²) in [5, 5.41) is 24.4. The number of alkyl halides is 2. The van der Waals surface area contributed by atoms with E-state index in [0.717, 1.165) is 151 Å². The Kier molecular flexibility index (Phi) is 14.7. The number of benzene rings is 1. The van der Waals surface area contributed by atoms with Gasteiger partial charge in [0.1, 0.15) is 12.2 Å². The second kappa shape index (κ2) is 21.4. The molecule has 1 spiro atoms. The molecule has 0 bridgehead atoms. The summed E-state index contributed by atoms with van der Waals surface area (Å²) in [7, 11) is 0. The van der Waals surface area contributed by atoms with Crippen molar-refractivity contribution >= 4 is 41.1 Å². The molecular formula is C57H74ClF2N10O3+. The number of likely N-dealkylation sites (tertiary alicyclic amines) is 2. The van der Waals surface area contributed by atoms with Crippen LogP contribution in [0.25, 0.3) is 0 Å². The van der Waals surface area contributed by atoms with E-state index in [4.69, 9.17) is 26.2 Å². The molecule has 1 aromatic carbocycles. The van der Waals surface area contributed by atoms with E-state index in [0.29, 0.717) is 66.2 Å². The van der Waals surface area contributed by atoms with Gasteiger partial charge in [0, 0.05) is 113 Å². The lowest BCUT2D eigenvalue weighted by atomic mass is 9.72. The van der Waals surface area contributed by atoms with Crippen molar-refractivity contribution in [3.8, 4) is 11.9 Å². The number of rotatable bonds is 9. The predicted octanol–water partition coefficient (Wildman–Crippen LogP) is 9.48. The number of ether oxygens (including phenoxy) is 2. The van der Waals surface area contributed by atoms with E-state index in [9.17, 15) is 10.1 Å². The van der Waals surface area contributed by atoms with Gasteiger partial charge in [0.05, 0.1) is 35.2 Å². The van der Waals surface area contributed by atoms with Gasteiger partial charge in [-0.15, -0.1) is 10.2 Å². The zero-order valence-corrected chi connectivity index (χ0v) is 43.9. The first-order valence-corrected chi connectivity index (χ1v) is 28.0. The molecule has 5 saturated heterocycles. The lowest BCUT2D eigenvalue weighted by molar-refractivity contribution is -0.479. The first-order valence-electron chi connectivity index (χ1n) is 27.6. The zero-order valence-electron chi connectivity index (χ0n) is 43.2. The standard InChI is InChI=1S/C57H74ClF2N10O3/c1-37-31-57(36-69(37)45-11-10-44(32-61)49(58)30-45)19-25-66(26-20-57)51-12-13-52(63-62-51)73-46-14-22-65(23-15-46)33-40-6-8-41(9-7-40)34-70-50-16-24-67(39(3)71)35-48(50)56(64-70)68-21-4-5-43-29-47(42-17-27-72-28-18-42)53(55(59)60)38(2)54(43)68/h10-13,29-30,34,37-38,40-42,46,54-55H,4-9,14-28,31,33,35-36H2,1-3H3/q+1/b70-34-/t37-,38?,40?,41?,54?/m0/s1. The van der Waals surface area contributed by atoms with Crippen LogP contribution < -0.4 is 14.5 Å². The maximum absolute atomic E-state index is 15.1. The van der Waals surface area contributed by atoms with E-state index in [1.54, 1.807) is 6.92 Å². The Morgan fingerprint density at radius 1 is 0.973 bits per heavy atom. The van der Waals surface area contributed by atoms with Crippen LogP contribution >= 0.6 is 11.6 Å². The van der Waals surface area contributed by atoms with Gasteiger partial charge in [0.2, 0.25) is 23.3 Å². The fraction of sp³-hybridized carbons (Fsp3) is 0.649. The molecule has 8 heterocycles. The number of nitrogens with zero attached hydrogens (tertiary/aromatic N) is 10. The van der Waals surface area contributed by atoms with Crippen LogP contribution in [0.4, 0.5) is 20.3 Å². The fourth-order valence-corrected chi connectivity index (χ4v) is 14.6. The van der Waals surface area contributed by atoms with Crippen molar-refractivity contribution in [2.45, 2.75) is 135 Å². The minimum Gasteiger partial charge on any atom is -0.473 e. The normalized spacial score (nSPS) is 29.0. The number of amides is 1. The van der Waals surface area contributed by atoms with Crippen molar-refractivity contribution in [3.05, 3.63) is 75.0 Å². The summed E-state index contributed by atoms with van der Waals surface area (Å²) < 4.78 is 44.4. The molecule has 390 valence electrons. The number of piperidine rings is 3. The van der Waals surface area contributed by atoms with Gasteiger partial charge in [-0.1, -0.05) is 29.3 Å². The highest BCUT2D eigenvalue weighted by atomic mass is 35.5. The highest BCUT2D eigenvalue weighted by Crippen LogP contribution is 2.47. The summed E-state index contributed by atoms with van der Waals surface area (Å²) in [5.74, 6) is 3.28. The van der Waals surface area contributed by atoms with Gasteiger partial charge in [-0.3, -0.25) is 4.79 Å². The minimum atomic E-state index is -2.51. The SMILES string of the molecule is CC(=O)N1CCC2=C(C1)C(N1CCCC3=CC(C4CCOCC4)=C(C(F)F)C(C)C31)=N/[N+]2=C\C1CCC(CN2CCC(Oc3ccc(N4CCC5(CC4)C[C@H](C)N(c4ccc(C#N)c(Cl)c4)C5)nn3)CC2)CC1. The summed E-state index contributed by atoms with van der Waals surface area (Å²) >= 11 is 6.41. The second-order valence-corrected chi connectivity index (χ2v) is 23.4. The smallest absolute Gasteiger partial charge is 0.260 e. The van der Waals surface area contributed by atoms with Crippen molar-refractivity contribution in [2.24, 2.45) is 34.2 Å². The van der Waals surface area contributed by atoms with E-state index in [-0.39, 0.29) is 35.3 Å². The monoisotopic (exact) mass is 1020 g/mol. The summed E-state index contributed by atoms with van der Waals surface area (Å²) in [6.45, 7) is 15.1. The summed E-state index contributed by atoms with van der Waals surface area (Å²) in [5.41, 5.74) is 6.52. The third kappa shape index (κ3) is 10.4. The highest BCUT2D eigenvalue weighted by molar-refractivity contribution is 6.32. The molecule has 9 aliphatic rings. The summed E-state index contributed by atoms with van der Waals surface area (Å²) in [4.78, 5) is 24.4. The molecule has 3 atom stereocenters. The Bertz CT molecular complexity index is 2580. The average molecular weight is 1020 g/mol. The molecule has 2 aliphatic carbocycles. The van der Waals surface area contributed by atoms with Crippen molar-refractivity contribution < 1.29 is 27.7 Å². The predicted molar refractivity (Wildman–Crippen MR) is 280 cm³/mol. The molecule has 2 unspecified atom stereocenters. The Balaban J connectivity index is 0.661. The Labute approximate surface area is 435 Å². The van der Waals surface area contributed by atoms with Gasteiger partial charge in [0.15, 0.2) is 12.0 Å². The molecule has 13 nitrogen and oxygen atoms in total. The van der Waals surface area contributed by atoms with E-state index >= 15 is 8.78 Å². The Hall–Kier alpha value is -4.91. The van der Waals surface area contributed by atoms with Crippen LogP contribution in [0, 0.1) is 40.4 Å². The number of hydrazone groups is 1. The number of carbonyl (C=O) groups excluding carboxylic acids is 1. The third-order valence-electron chi connectivity index (χ3n) is 18.4. The van der Waals surface area contributed by atoms with Crippen LogP contribution in [0.5, 0.6) is 5.88 Å². The van der Waals surface area contributed by atoms with E-state index in [1.807, 2.05) is 36.1 Å². The molecule has 1 aromatic heterocycles. The lowest BCUT2D eigenvalue weighted by Crippen LogP contribution is -2.52. The third-order valence-corrected chi connectivity index (χ3v) is 18.7. The van der Waals surface area contributed by atoms with Gasteiger partial charge in [0.25, 0.3) is 6.43 Å². The number of anilines is 2. The minimum absolute atomic E-state index is 0.0567. The molecule has 6 fully saturated rings. The number of carbonyl (C=O) groups is 1. The molecule has 1 saturated carbocycles. The zero-order chi connectivity index (χ0) is 50.4. The van der Waals surface area contributed by atoms with Crippen LogP contribution in [0.15, 0.2) is 69.5 Å². The first kappa shape index (κ1) is 50.3. The Morgan fingerprint density at radius 3 is 2.45 bits per heavy atom. The van der Waals surface area contributed by atoms with Crippen LogP contribution in [0.2, 0.25) is 5.02 Å². The van der Waals surface area contributed by atoms with E-state index < -0.39 is 6.43 Å². The maximum atomic E-state index is 15.1. The van der Waals surface area contributed by atoms with Crippen LogP contribution in [-0.2, 0) is 9.53 Å². The lowest BCUT2D eigenvalue weighted by Gasteiger charge is -2.46. The summed E-state index contributed by atoms with van der Waals surface area (Å²) in [6.07, 6.45) is 16.1. The fourth-order valence-electron chi connectivity index (χ4n) is 14.4. The van der Waals surface area contributed by atoms with Gasteiger partial charge in [-0.05, 0) is 143 Å². The van der Waals surface area contributed by atoms with Gasteiger partial charge >= 0.3 is 0 Å². The number of hydrogen-bond donors (Lipinski definition) is 0. The van der Waals surface area contributed by atoms with E-state index in [1.165, 1.54) is 24.1 Å². The molecule has 0 radical (unpaired) electrons. The van der Waals surface area contributed by atoms with Crippen LogP contribution in [-0.4, -0.2) is 144 Å². The molecular weight excluding hydrogens is 946 g/mol. The molecule has 0 N–H and O–H groups in total. The van der Waals surface area contributed by atoms with Gasteiger partial charge in [-0.2, -0.15) is 5.26 Å². The molecule has 16 heteroatoms. The van der Waals surface area contributed by atoms with E-state index in [2.05, 4.69) is 65.8 Å². The van der Waals surface area contributed by atoms with Gasteiger partial charge < -0.3 is 34.0 Å². The number of amidine groups is 1.